The van der Waals surface area contributed by atoms with E-state index in [1.165, 1.54) is 22.3 Å². The van der Waals surface area contributed by atoms with Gasteiger partial charge in [-0.3, -0.25) is 4.98 Å². The Morgan fingerprint density at radius 2 is 1.09 bits per heavy atom. The third-order valence-corrected chi connectivity index (χ3v) is 7.49. The van der Waals surface area contributed by atoms with Crippen molar-refractivity contribution in [2.45, 2.75) is 71.7 Å². The van der Waals surface area contributed by atoms with Crippen LogP contribution in [0, 0.1) is 0 Å². The lowest BCUT2D eigenvalue weighted by Gasteiger charge is -2.19. The molecule has 0 bridgehead atoms. The van der Waals surface area contributed by atoms with Gasteiger partial charge in [-0.05, 0) is 61.9 Å². The molecule has 0 aliphatic heterocycles. The topological polar surface area (TPSA) is 42.4 Å². The highest BCUT2D eigenvalue weighted by Crippen LogP contribution is 2.27. The first-order valence-electron chi connectivity index (χ1n) is 15.0. The van der Waals surface area contributed by atoms with Crippen LogP contribution < -0.4 is 0 Å². The quantitative estimate of drug-likeness (QED) is 0.211. The Bertz CT molecular complexity index is 1470. The molecule has 0 radical (unpaired) electrons. The molecule has 0 aliphatic carbocycles. The summed E-state index contributed by atoms with van der Waals surface area (Å²) in [5.41, 5.74) is 9.50. The fraction of sp³-hybridized carbons (Fsp3) is 0.275. The molecular formula is C40H45NO2. The first-order chi connectivity index (χ1) is 20.5. The third kappa shape index (κ3) is 9.47. The van der Waals surface area contributed by atoms with Gasteiger partial charge in [0.05, 0.1) is 13.2 Å². The second kappa shape index (κ2) is 14.4. The van der Waals surface area contributed by atoms with Gasteiger partial charge < -0.3 is 9.84 Å². The van der Waals surface area contributed by atoms with Crippen molar-refractivity contribution in [1.82, 2.24) is 4.98 Å². The highest BCUT2D eigenvalue weighted by molar-refractivity contribution is 5.64. The van der Waals surface area contributed by atoms with Crippen molar-refractivity contribution in [1.29, 1.82) is 0 Å². The van der Waals surface area contributed by atoms with Gasteiger partial charge in [-0.2, -0.15) is 0 Å². The minimum absolute atomic E-state index is 0.203. The Balaban J connectivity index is 0.000000198. The van der Waals surface area contributed by atoms with Gasteiger partial charge in [-0.1, -0.05) is 145 Å². The minimum atomic E-state index is -0.646. The van der Waals surface area contributed by atoms with E-state index in [-0.39, 0.29) is 10.8 Å². The molecule has 3 nitrogen and oxygen atoms in total. The molecule has 0 aliphatic rings. The Kier molecular flexibility index (Phi) is 10.7. The van der Waals surface area contributed by atoms with Crippen LogP contribution in [0.3, 0.4) is 0 Å². The van der Waals surface area contributed by atoms with Crippen LogP contribution in [0.2, 0.25) is 0 Å². The van der Waals surface area contributed by atoms with E-state index in [0.717, 1.165) is 22.3 Å². The standard InChI is InChI=1S/C22H30O.C18H15NO/c1-21(2,3)19-11-7-17(8-12-19)15-23-16-18-9-13-20(14-10-18)22(4,5)6;20-18(17-10-5-11-19-13-17)16-9-4-8-15(12-16)14-6-2-1-3-7-14/h7-14H,15-16H2,1-6H3;1-13,18,20H. The smallest absolute Gasteiger partial charge is 0.106 e. The van der Waals surface area contributed by atoms with E-state index in [9.17, 15) is 5.11 Å². The number of hydrogen-bond acceptors (Lipinski definition) is 3. The Morgan fingerprint density at radius 3 is 1.58 bits per heavy atom. The van der Waals surface area contributed by atoms with Crippen molar-refractivity contribution in [2.75, 3.05) is 0 Å². The average Bonchev–Trinajstić information content (AvgIpc) is 3.02. The third-order valence-electron chi connectivity index (χ3n) is 7.49. The monoisotopic (exact) mass is 571 g/mol. The molecule has 3 heteroatoms. The van der Waals surface area contributed by atoms with E-state index in [0.29, 0.717) is 13.2 Å². The summed E-state index contributed by atoms with van der Waals surface area (Å²) in [7, 11) is 0. The van der Waals surface area contributed by atoms with E-state index >= 15 is 0 Å². The minimum Gasteiger partial charge on any atom is -0.384 e. The van der Waals surface area contributed by atoms with Gasteiger partial charge in [-0.15, -0.1) is 0 Å². The molecule has 1 heterocycles. The van der Waals surface area contributed by atoms with E-state index in [1.807, 2.05) is 48.5 Å². The van der Waals surface area contributed by atoms with Gasteiger partial charge in [0.15, 0.2) is 0 Å². The van der Waals surface area contributed by atoms with Crippen LogP contribution >= 0.6 is 0 Å². The maximum atomic E-state index is 10.4. The van der Waals surface area contributed by atoms with Gasteiger partial charge in [-0.25, -0.2) is 0 Å². The number of benzene rings is 4. The molecular weight excluding hydrogens is 526 g/mol. The Labute approximate surface area is 258 Å². The number of nitrogens with zero attached hydrogens (tertiary/aromatic N) is 1. The number of aliphatic hydroxyl groups excluding tert-OH is 1. The maximum Gasteiger partial charge on any atom is 0.106 e. The molecule has 0 amide bonds. The number of hydrogen-bond donors (Lipinski definition) is 1. The second-order valence-electron chi connectivity index (χ2n) is 13.1. The lowest BCUT2D eigenvalue weighted by atomic mass is 9.87. The van der Waals surface area contributed by atoms with Crippen LogP contribution in [0.15, 0.2) is 128 Å². The number of pyridine rings is 1. The summed E-state index contributed by atoms with van der Waals surface area (Å²) >= 11 is 0. The van der Waals surface area contributed by atoms with Crippen molar-refractivity contribution in [3.63, 3.8) is 0 Å². The molecule has 0 saturated carbocycles. The predicted octanol–water partition coefficient (Wildman–Crippen LogP) is 9.83. The lowest BCUT2D eigenvalue weighted by Crippen LogP contribution is -2.11. The summed E-state index contributed by atoms with van der Waals surface area (Å²) in [5.74, 6) is 0. The van der Waals surface area contributed by atoms with Crippen LogP contribution in [0.4, 0.5) is 0 Å². The first-order valence-corrected chi connectivity index (χ1v) is 15.0. The van der Waals surface area contributed by atoms with Crippen LogP contribution in [-0.4, -0.2) is 10.1 Å². The molecule has 5 aromatic rings. The van der Waals surface area contributed by atoms with Gasteiger partial charge >= 0.3 is 0 Å². The summed E-state index contributed by atoms with van der Waals surface area (Å²) in [6.45, 7) is 14.7. The van der Waals surface area contributed by atoms with Crippen LogP contribution in [-0.2, 0) is 28.8 Å². The fourth-order valence-electron chi connectivity index (χ4n) is 4.74. The molecule has 0 spiro atoms. The molecule has 0 fully saturated rings. The van der Waals surface area contributed by atoms with Crippen LogP contribution in [0.25, 0.3) is 11.1 Å². The molecule has 0 saturated heterocycles. The number of rotatable bonds is 7. The molecule has 1 atom stereocenters. The summed E-state index contributed by atoms with van der Waals surface area (Å²) in [6.07, 6.45) is 2.75. The Hall–Kier alpha value is -4.05. The molecule has 1 unspecified atom stereocenters. The number of aliphatic hydroxyl groups is 1. The summed E-state index contributed by atoms with van der Waals surface area (Å²) in [6, 6.07) is 39.3. The van der Waals surface area contributed by atoms with Crippen molar-refractivity contribution >= 4 is 0 Å². The second-order valence-corrected chi connectivity index (χ2v) is 13.1. The average molecular weight is 572 g/mol. The summed E-state index contributed by atoms with van der Waals surface area (Å²) in [4.78, 5) is 4.05. The Morgan fingerprint density at radius 1 is 0.581 bits per heavy atom. The SMILES string of the molecule is CC(C)(C)c1ccc(COCc2ccc(C(C)(C)C)cc2)cc1.OC(c1cccnc1)c1cccc(-c2ccccc2)c1. The van der Waals surface area contributed by atoms with Gasteiger partial charge in [0.2, 0.25) is 0 Å². The van der Waals surface area contributed by atoms with Crippen molar-refractivity contribution in [3.8, 4) is 11.1 Å². The van der Waals surface area contributed by atoms with E-state index < -0.39 is 6.10 Å². The normalized spacial score (nSPS) is 12.3. The predicted molar refractivity (Wildman–Crippen MR) is 179 cm³/mol. The highest BCUT2D eigenvalue weighted by atomic mass is 16.5. The first kappa shape index (κ1) is 31.9. The zero-order chi connectivity index (χ0) is 30.9. The largest absolute Gasteiger partial charge is 0.384 e. The zero-order valence-electron chi connectivity index (χ0n) is 26.4. The van der Waals surface area contributed by atoms with Gasteiger partial charge in [0.1, 0.15) is 6.10 Å². The van der Waals surface area contributed by atoms with Crippen molar-refractivity contribution < 1.29 is 9.84 Å². The fourth-order valence-corrected chi connectivity index (χ4v) is 4.74. The van der Waals surface area contributed by atoms with Crippen molar-refractivity contribution in [3.05, 3.63) is 161 Å². The molecule has 43 heavy (non-hydrogen) atoms. The van der Waals surface area contributed by atoms with Gasteiger partial charge in [0.25, 0.3) is 0 Å². The van der Waals surface area contributed by atoms with Crippen LogP contribution in [0.5, 0.6) is 0 Å². The molecule has 4 aromatic carbocycles. The van der Waals surface area contributed by atoms with E-state index in [1.54, 1.807) is 12.4 Å². The van der Waals surface area contributed by atoms with Gasteiger partial charge in [0, 0.05) is 18.0 Å². The number of ether oxygens (including phenoxy) is 1. The molecule has 1 N–H and O–H groups in total. The van der Waals surface area contributed by atoms with Crippen LogP contribution in [0.1, 0.15) is 81.0 Å². The van der Waals surface area contributed by atoms with Crippen molar-refractivity contribution in [2.24, 2.45) is 0 Å². The lowest BCUT2D eigenvalue weighted by molar-refractivity contribution is 0.107. The van der Waals surface area contributed by atoms with E-state index in [4.69, 9.17) is 4.74 Å². The zero-order valence-corrected chi connectivity index (χ0v) is 26.4. The summed E-state index contributed by atoms with van der Waals surface area (Å²) in [5, 5.41) is 10.4. The number of aromatic nitrogens is 1. The highest BCUT2D eigenvalue weighted by Gasteiger charge is 2.14. The van der Waals surface area contributed by atoms with E-state index in [2.05, 4.69) is 113 Å². The molecule has 1 aromatic heterocycles. The molecule has 5 rings (SSSR count). The summed E-state index contributed by atoms with van der Waals surface area (Å²) < 4.78 is 5.86. The molecule has 222 valence electrons. The maximum absolute atomic E-state index is 10.4.